The van der Waals surface area contributed by atoms with E-state index < -0.39 is 28.2 Å². The number of hydrogen-bond donors (Lipinski definition) is 1. The Bertz CT molecular complexity index is 1410. The summed E-state index contributed by atoms with van der Waals surface area (Å²) in [5, 5.41) is 10.2. The van der Waals surface area contributed by atoms with E-state index >= 15 is 0 Å². The fourth-order valence-electron chi connectivity index (χ4n) is 3.66. The van der Waals surface area contributed by atoms with Crippen LogP contribution in [0.5, 0.6) is 0 Å². The van der Waals surface area contributed by atoms with Gasteiger partial charge in [0.05, 0.1) is 17.5 Å². The van der Waals surface area contributed by atoms with Gasteiger partial charge >= 0.3 is 5.97 Å². The van der Waals surface area contributed by atoms with E-state index in [9.17, 15) is 22.7 Å². The van der Waals surface area contributed by atoms with Gasteiger partial charge in [0.2, 0.25) is 0 Å². The van der Waals surface area contributed by atoms with Crippen molar-refractivity contribution in [2.45, 2.75) is 25.2 Å². The van der Waals surface area contributed by atoms with Crippen LogP contribution < -0.4 is 0 Å². The quantitative estimate of drug-likeness (QED) is 0.551. The summed E-state index contributed by atoms with van der Waals surface area (Å²) in [5.41, 5.74) is 1.94. The van der Waals surface area contributed by atoms with Gasteiger partial charge in [0.25, 0.3) is 10.0 Å². The molecule has 6 nitrogen and oxygen atoms in total. The third-order valence-corrected chi connectivity index (χ3v) is 6.74. The van der Waals surface area contributed by atoms with Crippen LogP contribution in [0.1, 0.15) is 16.8 Å². The molecule has 1 N–H and O–H groups in total. The number of carbonyl (C=O) groups is 1. The van der Waals surface area contributed by atoms with Crippen molar-refractivity contribution in [3.63, 3.8) is 0 Å². The summed E-state index contributed by atoms with van der Waals surface area (Å²) < 4.78 is 42.2. The first-order valence-corrected chi connectivity index (χ1v) is 10.3. The van der Waals surface area contributed by atoms with Gasteiger partial charge in [-0.15, -0.1) is 0 Å². The fraction of sp³-hybridized carbons (Fsp3) is 0.143. The monoisotopic (exact) mass is 412 g/mol. The Morgan fingerprint density at radius 3 is 2.66 bits per heavy atom. The number of benzene rings is 2. The van der Waals surface area contributed by atoms with E-state index in [4.69, 9.17) is 0 Å². The molecule has 0 atom stereocenters. The van der Waals surface area contributed by atoms with Crippen LogP contribution in [-0.4, -0.2) is 28.5 Å². The smallest absolute Gasteiger partial charge is 0.307 e. The number of nitrogens with zero attached hydrogens (tertiary/aromatic N) is 2. The van der Waals surface area contributed by atoms with Crippen molar-refractivity contribution < 1.29 is 22.7 Å². The molecule has 4 aromatic rings. The lowest BCUT2D eigenvalue weighted by atomic mass is 10.1. The first-order valence-electron chi connectivity index (χ1n) is 8.82. The number of aryl methyl sites for hydroxylation is 1. The molecule has 0 saturated carbocycles. The maximum Gasteiger partial charge on any atom is 0.307 e. The van der Waals surface area contributed by atoms with Crippen LogP contribution in [0.3, 0.4) is 0 Å². The van der Waals surface area contributed by atoms with Crippen LogP contribution in [0.2, 0.25) is 0 Å². The zero-order valence-electron chi connectivity index (χ0n) is 15.7. The molecule has 2 heterocycles. The topological polar surface area (TPSA) is 89.3 Å². The predicted octanol–water partition coefficient (Wildman–Crippen LogP) is 3.81. The molecule has 0 saturated heterocycles. The first kappa shape index (κ1) is 19.1. The van der Waals surface area contributed by atoms with Crippen LogP contribution in [0.15, 0.2) is 53.6 Å². The number of fused-ring (bicyclic) bond motifs is 2. The van der Waals surface area contributed by atoms with E-state index in [2.05, 4.69) is 4.98 Å². The highest BCUT2D eigenvalue weighted by atomic mass is 32.2. The molecule has 0 fully saturated rings. The van der Waals surface area contributed by atoms with Crippen molar-refractivity contribution in [1.29, 1.82) is 0 Å². The van der Waals surface area contributed by atoms with E-state index in [1.54, 1.807) is 18.3 Å². The molecule has 0 aliphatic carbocycles. The normalized spacial score (nSPS) is 12.0. The highest BCUT2D eigenvalue weighted by molar-refractivity contribution is 7.90. The van der Waals surface area contributed by atoms with Crippen LogP contribution in [0.4, 0.5) is 4.39 Å². The van der Waals surface area contributed by atoms with Gasteiger partial charge in [0.15, 0.2) is 0 Å². The van der Waals surface area contributed by atoms with Crippen LogP contribution in [0, 0.1) is 19.7 Å². The molecular formula is C21H17FN2O4S. The average Bonchev–Trinajstić information content (AvgIpc) is 2.92. The zero-order chi connectivity index (χ0) is 20.9. The SMILES string of the molecule is Cc1cnc2c(S(=O)(=O)n3c(C)c(CC(=O)O)c4cc(F)ccc43)cccc2c1. The zero-order valence-corrected chi connectivity index (χ0v) is 16.5. The van der Waals surface area contributed by atoms with Gasteiger partial charge in [-0.2, -0.15) is 0 Å². The molecule has 0 unspecified atom stereocenters. The third-order valence-electron chi connectivity index (χ3n) is 4.90. The largest absolute Gasteiger partial charge is 0.481 e. The van der Waals surface area contributed by atoms with Crippen molar-refractivity contribution in [1.82, 2.24) is 8.96 Å². The molecule has 4 rings (SSSR count). The van der Waals surface area contributed by atoms with Gasteiger partial charge in [0.1, 0.15) is 10.7 Å². The fourth-order valence-corrected chi connectivity index (χ4v) is 5.41. The van der Waals surface area contributed by atoms with Crippen LogP contribution >= 0.6 is 0 Å². The first-order chi connectivity index (χ1) is 13.7. The van der Waals surface area contributed by atoms with Gasteiger partial charge in [-0.3, -0.25) is 9.78 Å². The molecule has 0 bridgehead atoms. The van der Waals surface area contributed by atoms with Gasteiger partial charge < -0.3 is 5.11 Å². The summed E-state index contributed by atoms with van der Waals surface area (Å²) in [6.45, 7) is 3.39. The maximum atomic E-state index is 13.8. The summed E-state index contributed by atoms with van der Waals surface area (Å²) in [5.74, 6) is -1.70. The molecule has 0 spiro atoms. The molecule has 0 aliphatic heterocycles. The Kier molecular flexibility index (Phi) is 4.38. The number of pyridine rings is 1. The van der Waals surface area contributed by atoms with E-state index in [-0.39, 0.29) is 27.1 Å². The Hall–Kier alpha value is -3.26. The van der Waals surface area contributed by atoms with Gasteiger partial charge in [-0.1, -0.05) is 12.1 Å². The standard InChI is InChI=1S/C21H17FN2O4S/c1-12-8-14-4-3-5-19(21(14)23-11-12)29(27,28)24-13(2)16(10-20(25)26)17-9-15(22)6-7-18(17)24/h3-9,11H,10H2,1-2H3,(H,25,26). The van der Waals surface area contributed by atoms with E-state index in [0.29, 0.717) is 10.9 Å². The summed E-state index contributed by atoms with van der Waals surface area (Å²) in [6, 6.07) is 10.4. The van der Waals surface area contributed by atoms with E-state index in [0.717, 1.165) is 21.7 Å². The van der Waals surface area contributed by atoms with Gasteiger partial charge in [-0.25, -0.2) is 16.8 Å². The minimum atomic E-state index is -4.12. The predicted molar refractivity (Wildman–Crippen MR) is 107 cm³/mol. The molecule has 0 aliphatic rings. The number of carboxylic acids is 1. The number of rotatable bonds is 4. The Morgan fingerprint density at radius 1 is 1.17 bits per heavy atom. The highest BCUT2D eigenvalue weighted by Gasteiger charge is 2.27. The number of aliphatic carboxylic acids is 1. The lowest BCUT2D eigenvalue weighted by Gasteiger charge is -2.12. The molecule has 29 heavy (non-hydrogen) atoms. The molecule has 2 aromatic carbocycles. The Morgan fingerprint density at radius 2 is 1.93 bits per heavy atom. The van der Waals surface area contributed by atoms with Gasteiger partial charge in [-0.05, 0) is 55.3 Å². The molecule has 8 heteroatoms. The lowest BCUT2D eigenvalue weighted by molar-refractivity contribution is -0.136. The van der Waals surface area contributed by atoms with Crippen molar-refractivity contribution in [3.05, 3.63) is 71.3 Å². The minimum Gasteiger partial charge on any atom is -0.481 e. The van der Waals surface area contributed by atoms with Crippen LogP contribution in [-0.2, 0) is 21.2 Å². The van der Waals surface area contributed by atoms with Gasteiger partial charge in [0, 0.05) is 22.7 Å². The van der Waals surface area contributed by atoms with Crippen molar-refractivity contribution >= 4 is 37.8 Å². The molecular weight excluding hydrogens is 395 g/mol. The summed E-state index contributed by atoms with van der Waals surface area (Å²) in [6.07, 6.45) is 1.18. The number of hydrogen-bond acceptors (Lipinski definition) is 4. The molecule has 2 aromatic heterocycles. The molecule has 0 amide bonds. The van der Waals surface area contributed by atoms with Crippen molar-refractivity contribution in [2.24, 2.45) is 0 Å². The highest BCUT2D eigenvalue weighted by Crippen LogP contribution is 2.33. The number of halogens is 1. The second kappa shape index (κ2) is 6.66. The van der Waals surface area contributed by atoms with E-state index in [1.165, 1.54) is 19.1 Å². The van der Waals surface area contributed by atoms with Crippen LogP contribution in [0.25, 0.3) is 21.8 Å². The second-order valence-electron chi connectivity index (χ2n) is 6.91. The van der Waals surface area contributed by atoms with Crippen molar-refractivity contribution in [3.8, 4) is 0 Å². The van der Waals surface area contributed by atoms with E-state index in [1.807, 2.05) is 13.0 Å². The summed E-state index contributed by atoms with van der Waals surface area (Å²) >= 11 is 0. The average molecular weight is 412 g/mol. The third kappa shape index (κ3) is 3.05. The maximum absolute atomic E-state index is 13.8. The Labute approximate surface area is 166 Å². The number of para-hydroxylation sites is 1. The molecule has 148 valence electrons. The number of aromatic nitrogens is 2. The summed E-state index contributed by atoms with van der Waals surface area (Å²) in [7, 11) is -4.12. The minimum absolute atomic E-state index is 0.00111. The summed E-state index contributed by atoms with van der Waals surface area (Å²) in [4.78, 5) is 15.6. The number of carboxylic acid groups (broad SMARTS) is 1. The second-order valence-corrected chi connectivity index (χ2v) is 8.66. The van der Waals surface area contributed by atoms with Crippen molar-refractivity contribution in [2.75, 3.05) is 0 Å². The Balaban J connectivity index is 2.07. The molecule has 0 radical (unpaired) electrons. The lowest BCUT2D eigenvalue weighted by Crippen LogP contribution is -2.16.